The number of nitrogens with zero attached hydrogens (tertiary/aromatic N) is 1. The molecule has 0 spiro atoms. The number of halogens is 2. The van der Waals surface area contributed by atoms with Gasteiger partial charge in [-0.3, -0.25) is 9.59 Å². The molecule has 0 saturated carbocycles. The van der Waals surface area contributed by atoms with Crippen molar-refractivity contribution in [2.24, 2.45) is 0 Å². The summed E-state index contributed by atoms with van der Waals surface area (Å²) in [5, 5.41) is 0.800. The van der Waals surface area contributed by atoms with E-state index in [9.17, 15) is 9.59 Å². The first-order valence-electron chi connectivity index (χ1n) is 8.11. The van der Waals surface area contributed by atoms with Gasteiger partial charge in [0.15, 0.2) is 6.39 Å². The molecule has 2 heterocycles. The van der Waals surface area contributed by atoms with E-state index < -0.39 is 11.1 Å². The number of aromatic nitrogens is 3. The van der Waals surface area contributed by atoms with Crippen molar-refractivity contribution in [3.05, 3.63) is 83.1 Å². The van der Waals surface area contributed by atoms with Crippen LogP contribution in [0.4, 0.5) is 0 Å². The fourth-order valence-corrected chi connectivity index (χ4v) is 2.90. The average molecular weight is 406 g/mol. The Labute approximate surface area is 164 Å². The predicted octanol–water partition coefficient (Wildman–Crippen LogP) is 2.31. The van der Waals surface area contributed by atoms with Gasteiger partial charge in [-0.2, -0.15) is 0 Å². The Morgan fingerprint density at radius 3 is 2.30 bits per heavy atom. The number of rotatable bonds is 2. The zero-order valence-electron chi connectivity index (χ0n) is 14.9. The Bertz CT molecular complexity index is 1230. The second-order valence-electron chi connectivity index (χ2n) is 6.98. The summed E-state index contributed by atoms with van der Waals surface area (Å²) in [5.41, 5.74) is -0.238. The number of H-pyrrole nitrogens is 2. The zero-order valence-corrected chi connectivity index (χ0v) is 16.4. The van der Waals surface area contributed by atoms with Crippen molar-refractivity contribution < 1.29 is 4.42 Å². The maximum Gasteiger partial charge on any atom is 0.272 e. The number of oxazole rings is 1. The maximum absolute atomic E-state index is 12.4. The summed E-state index contributed by atoms with van der Waals surface area (Å²) in [4.78, 5) is 34.1. The molecule has 0 aliphatic rings. The van der Waals surface area contributed by atoms with Crippen molar-refractivity contribution in [2.75, 3.05) is 0 Å². The van der Waals surface area contributed by atoms with E-state index >= 15 is 0 Å². The van der Waals surface area contributed by atoms with E-state index in [0.29, 0.717) is 27.1 Å². The lowest BCUT2D eigenvalue weighted by molar-refractivity contribution is 0.407. The lowest BCUT2D eigenvalue weighted by Gasteiger charge is -2.14. The minimum atomic E-state index is -0.474. The molecule has 0 fully saturated rings. The minimum Gasteiger partial charge on any atom is -0.447 e. The Balaban J connectivity index is 2.16. The van der Waals surface area contributed by atoms with E-state index in [1.54, 1.807) is 18.2 Å². The molecule has 0 aliphatic heterocycles. The molecule has 0 atom stereocenters. The van der Waals surface area contributed by atoms with Crippen molar-refractivity contribution in [1.82, 2.24) is 15.0 Å². The summed E-state index contributed by atoms with van der Waals surface area (Å²) < 4.78 is 5.42. The number of nitrogens with one attached hydrogen (secondary N) is 2. The summed E-state index contributed by atoms with van der Waals surface area (Å²) in [7, 11) is 0. The van der Waals surface area contributed by atoms with Gasteiger partial charge < -0.3 is 14.4 Å². The van der Waals surface area contributed by atoms with E-state index in [0.717, 1.165) is 0 Å². The van der Waals surface area contributed by atoms with Gasteiger partial charge in [0.05, 0.1) is 10.0 Å². The largest absolute Gasteiger partial charge is 0.447 e. The smallest absolute Gasteiger partial charge is 0.272 e. The van der Waals surface area contributed by atoms with Gasteiger partial charge in [-0.15, -0.1) is 0 Å². The third-order valence-corrected chi connectivity index (χ3v) is 4.66. The quantitative estimate of drug-likeness (QED) is 0.683. The second kappa shape index (κ2) is 7.21. The highest BCUT2D eigenvalue weighted by Gasteiger charge is 2.21. The van der Waals surface area contributed by atoms with Crippen LogP contribution >= 0.6 is 23.2 Å². The van der Waals surface area contributed by atoms with Crippen LogP contribution in [0.15, 0.2) is 38.6 Å². The van der Waals surface area contributed by atoms with Crippen LogP contribution in [0.2, 0.25) is 10.0 Å². The molecular formula is C19H17Cl2N3O3. The zero-order chi connectivity index (χ0) is 19.8. The molecule has 0 bridgehead atoms. The number of hydrogen-bond donors (Lipinski definition) is 2. The number of hydrogen-bond acceptors (Lipinski definition) is 4. The molecule has 6 nitrogen and oxygen atoms in total. The van der Waals surface area contributed by atoms with Crippen LogP contribution in [-0.4, -0.2) is 15.0 Å². The molecule has 0 amide bonds. The van der Waals surface area contributed by atoms with Crippen molar-refractivity contribution >= 4 is 35.4 Å². The Hall–Kier alpha value is -2.57. The average Bonchev–Trinajstić information content (AvgIpc) is 3.05. The Morgan fingerprint density at radius 2 is 1.67 bits per heavy atom. The fraction of sp³-hybridized carbons (Fsp3) is 0.211. The van der Waals surface area contributed by atoms with E-state index in [1.165, 1.54) is 18.5 Å². The van der Waals surface area contributed by atoms with Crippen molar-refractivity contribution in [3.63, 3.8) is 0 Å². The van der Waals surface area contributed by atoms with Gasteiger partial charge in [0.2, 0.25) is 0 Å². The van der Waals surface area contributed by atoms with Gasteiger partial charge in [-0.05, 0) is 23.8 Å². The van der Waals surface area contributed by atoms with Gasteiger partial charge in [0, 0.05) is 5.41 Å². The Morgan fingerprint density at radius 1 is 1.04 bits per heavy atom. The van der Waals surface area contributed by atoms with Gasteiger partial charge in [0.1, 0.15) is 22.2 Å². The normalized spacial score (nSPS) is 13.4. The Kier molecular flexibility index (Phi) is 5.13. The molecular weight excluding hydrogens is 389 g/mol. The van der Waals surface area contributed by atoms with Crippen molar-refractivity contribution in [3.8, 4) is 0 Å². The molecule has 3 rings (SSSR count). The molecule has 2 aromatic heterocycles. The highest BCUT2D eigenvalue weighted by atomic mass is 35.5. The molecule has 0 saturated heterocycles. The SMILES string of the molecule is CC(C)(C)c1ocnc1C=c1[nH]c(=O)c(=Cc2cccc(Cl)c2Cl)[nH]c1=O. The summed E-state index contributed by atoms with van der Waals surface area (Å²) >= 11 is 12.1. The first-order chi connectivity index (χ1) is 12.7. The third kappa shape index (κ3) is 4.07. The molecule has 140 valence electrons. The highest BCUT2D eigenvalue weighted by molar-refractivity contribution is 6.42. The summed E-state index contributed by atoms with van der Waals surface area (Å²) in [6.45, 7) is 5.89. The standard InChI is InChI=1S/C19H17Cl2N3O3/c1-19(2,3)16-12(22-9-27-16)8-14-18(26)23-13(17(25)24-14)7-10-5-4-6-11(20)15(10)21/h4-9H,1-3H3,(H,23,26)(H,24,25). The highest BCUT2D eigenvalue weighted by Crippen LogP contribution is 2.26. The fourth-order valence-electron chi connectivity index (χ4n) is 2.54. The topological polar surface area (TPSA) is 91.8 Å². The van der Waals surface area contributed by atoms with Gasteiger partial charge >= 0.3 is 0 Å². The molecule has 2 N–H and O–H groups in total. The van der Waals surface area contributed by atoms with Crippen LogP contribution in [0.5, 0.6) is 0 Å². The van der Waals surface area contributed by atoms with Gasteiger partial charge in [-0.1, -0.05) is 56.1 Å². The van der Waals surface area contributed by atoms with Crippen LogP contribution < -0.4 is 21.8 Å². The van der Waals surface area contributed by atoms with Crippen molar-refractivity contribution in [2.45, 2.75) is 26.2 Å². The van der Waals surface area contributed by atoms with Crippen LogP contribution in [-0.2, 0) is 5.41 Å². The molecule has 0 unspecified atom stereocenters. The first-order valence-corrected chi connectivity index (χ1v) is 8.86. The van der Waals surface area contributed by atoms with Crippen LogP contribution in [0.25, 0.3) is 12.2 Å². The molecule has 0 aliphatic carbocycles. The van der Waals surface area contributed by atoms with E-state index in [-0.39, 0.29) is 16.1 Å². The van der Waals surface area contributed by atoms with Crippen LogP contribution in [0.1, 0.15) is 37.8 Å². The number of aromatic amines is 2. The van der Waals surface area contributed by atoms with Gasteiger partial charge in [-0.25, -0.2) is 4.98 Å². The number of benzene rings is 1. The van der Waals surface area contributed by atoms with Crippen LogP contribution in [0.3, 0.4) is 0 Å². The molecule has 3 aromatic rings. The molecule has 0 radical (unpaired) electrons. The minimum absolute atomic E-state index is 0.0671. The van der Waals surface area contributed by atoms with E-state index in [4.69, 9.17) is 27.6 Å². The summed E-state index contributed by atoms with van der Waals surface area (Å²) in [6.07, 6.45) is 4.26. The van der Waals surface area contributed by atoms with E-state index in [2.05, 4.69) is 15.0 Å². The molecule has 1 aromatic carbocycles. The molecule has 8 heteroatoms. The first kappa shape index (κ1) is 19.2. The third-order valence-electron chi connectivity index (χ3n) is 3.82. The lowest BCUT2D eigenvalue weighted by Crippen LogP contribution is -2.46. The lowest BCUT2D eigenvalue weighted by atomic mass is 9.92. The van der Waals surface area contributed by atoms with Crippen LogP contribution in [0, 0.1) is 0 Å². The van der Waals surface area contributed by atoms with Crippen molar-refractivity contribution in [1.29, 1.82) is 0 Å². The second-order valence-corrected chi connectivity index (χ2v) is 7.77. The maximum atomic E-state index is 12.4. The van der Waals surface area contributed by atoms with Gasteiger partial charge in [0.25, 0.3) is 11.1 Å². The van der Waals surface area contributed by atoms with E-state index in [1.807, 2.05) is 20.8 Å². The summed E-state index contributed by atoms with van der Waals surface area (Å²) in [6, 6.07) is 5.03. The predicted molar refractivity (Wildman–Crippen MR) is 106 cm³/mol. The summed E-state index contributed by atoms with van der Waals surface area (Å²) in [5.74, 6) is 0.615. The molecule has 27 heavy (non-hydrogen) atoms. The monoisotopic (exact) mass is 405 g/mol.